The Balaban J connectivity index is 1.94. The third-order valence-electron chi connectivity index (χ3n) is 4.43. The Morgan fingerprint density at radius 2 is 2.00 bits per heavy atom. The first-order chi connectivity index (χ1) is 9.74. The molecule has 0 saturated carbocycles. The zero-order chi connectivity index (χ0) is 14.4. The van der Waals surface area contributed by atoms with Crippen molar-refractivity contribution in [3.8, 4) is 0 Å². The standard InChI is InChI=1S/C17H26ClNO/c1-2-3-4-10-19-11-9-17(15(12-19)13-20)14-5-7-16(18)8-6-14/h5-8,15,17,20H,2-4,9-13H2,1H3/t15-,17-/m0/s1. The van der Waals surface area contributed by atoms with E-state index in [0.717, 1.165) is 24.5 Å². The molecular weight excluding hydrogens is 270 g/mol. The molecule has 3 heteroatoms. The lowest BCUT2D eigenvalue weighted by molar-refractivity contribution is 0.101. The van der Waals surface area contributed by atoms with Crippen LogP contribution in [-0.4, -0.2) is 36.2 Å². The van der Waals surface area contributed by atoms with E-state index in [1.165, 1.54) is 31.4 Å². The van der Waals surface area contributed by atoms with Crippen LogP contribution >= 0.6 is 11.6 Å². The average molecular weight is 296 g/mol. The van der Waals surface area contributed by atoms with E-state index >= 15 is 0 Å². The summed E-state index contributed by atoms with van der Waals surface area (Å²) in [6.45, 7) is 5.86. The van der Waals surface area contributed by atoms with Gasteiger partial charge in [0, 0.05) is 24.1 Å². The second-order valence-electron chi connectivity index (χ2n) is 5.90. The Hall–Kier alpha value is -0.570. The number of piperidine rings is 1. The fraction of sp³-hybridized carbons (Fsp3) is 0.647. The minimum atomic E-state index is 0.275. The molecule has 2 nitrogen and oxygen atoms in total. The zero-order valence-electron chi connectivity index (χ0n) is 12.4. The molecule has 0 bridgehead atoms. The predicted molar refractivity (Wildman–Crippen MR) is 85.4 cm³/mol. The molecule has 0 spiro atoms. The largest absolute Gasteiger partial charge is 0.396 e. The minimum Gasteiger partial charge on any atom is -0.396 e. The molecule has 1 heterocycles. The van der Waals surface area contributed by atoms with Crippen molar-refractivity contribution in [2.45, 2.75) is 38.5 Å². The number of aliphatic hydroxyl groups excluding tert-OH is 1. The lowest BCUT2D eigenvalue weighted by Gasteiger charge is -2.38. The molecule has 1 saturated heterocycles. The van der Waals surface area contributed by atoms with E-state index in [1.54, 1.807) is 0 Å². The highest BCUT2D eigenvalue weighted by Crippen LogP contribution is 2.33. The first-order valence-corrected chi connectivity index (χ1v) is 8.21. The fourth-order valence-electron chi connectivity index (χ4n) is 3.23. The summed E-state index contributed by atoms with van der Waals surface area (Å²) in [7, 11) is 0. The van der Waals surface area contributed by atoms with Crippen LogP contribution in [0.2, 0.25) is 5.02 Å². The second-order valence-corrected chi connectivity index (χ2v) is 6.33. The highest BCUT2D eigenvalue weighted by Gasteiger charge is 2.29. The molecule has 0 radical (unpaired) electrons. The normalized spacial score (nSPS) is 23.9. The van der Waals surface area contributed by atoms with E-state index < -0.39 is 0 Å². The maximum atomic E-state index is 9.71. The summed E-state index contributed by atoms with van der Waals surface area (Å²) in [5.74, 6) is 0.825. The van der Waals surface area contributed by atoms with Crippen LogP contribution in [0.15, 0.2) is 24.3 Å². The number of nitrogens with zero attached hydrogens (tertiary/aromatic N) is 1. The van der Waals surface area contributed by atoms with Gasteiger partial charge in [0.15, 0.2) is 0 Å². The molecule has 20 heavy (non-hydrogen) atoms. The Bertz CT molecular complexity index is 392. The van der Waals surface area contributed by atoms with Gasteiger partial charge >= 0.3 is 0 Å². The van der Waals surface area contributed by atoms with Crippen LogP contribution in [0.3, 0.4) is 0 Å². The van der Waals surface area contributed by atoms with Gasteiger partial charge in [-0.3, -0.25) is 0 Å². The molecule has 1 N–H and O–H groups in total. The van der Waals surface area contributed by atoms with Gasteiger partial charge in [-0.25, -0.2) is 0 Å². The molecule has 1 aromatic rings. The molecule has 2 atom stereocenters. The van der Waals surface area contributed by atoms with Crippen molar-refractivity contribution in [1.82, 2.24) is 4.90 Å². The van der Waals surface area contributed by atoms with Crippen LogP contribution in [0.5, 0.6) is 0 Å². The molecule has 0 unspecified atom stereocenters. The second kappa shape index (κ2) is 8.02. The summed E-state index contributed by atoms with van der Waals surface area (Å²) in [5.41, 5.74) is 1.32. The number of hydrogen-bond acceptors (Lipinski definition) is 2. The number of unbranched alkanes of at least 4 members (excludes halogenated alkanes) is 2. The van der Waals surface area contributed by atoms with Crippen molar-refractivity contribution < 1.29 is 5.11 Å². The van der Waals surface area contributed by atoms with Crippen LogP contribution in [0, 0.1) is 5.92 Å². The lowest BCUT2D eigenvalue weighted by Crippen LogP contribution is -2.41. The third-order valence-corrected chi connectivity index (χ3v) is 4.68. The topological polar surface area (TPSA) is 23.5 Å². The van der Waals surface area contributed by atoms with Crippen LogP contribution in [0.25, 0.3) is 0 Å². The van der Waals surface area contributed by atoms with Gasteiger partial charge in [-0.15, -0.1) is 0 Å². The van der Waals surface area contributed by atoms with Gasteiger partial charge in [-0.2, -0.15) is 0 Å². The Labute approximate surface area is 127 Å². The SMILES string of the molecule is CCCCCN1CC[C@@H](c2ccc(Cl)cc2)[C@H](CO)C1. The number of benzene rings is 1. The van der Waals surface area contributed by atoms with Gasteiger partial charge in [0.2, 0.25) is 0 Å². The van der Waals surface area contributed by atoms with Crippen molar-refractivity contribution in [1.29, 1.82) is 0 Å². The minimum absolute atomic E-state index is 0.275. The molecule has 1 fully saturated rings. The van der Waals surface area contributed by atoms with Crippen LogP contribution in [0.4, 0.5) is 0 Å². The van der Waals surface area contributed by atoms with Crippen molar-refractivity contribution in [2.24, 2.45) is 5.92 Å². The fourth-order valence-corrected chi connectivity index (χ4v) is 3.36. The van der Waals surface area contributed by atoms with E-state index in [-0.39, 0.29) is 6.61 Å². The molecular formula is C17H26ClNO. The average Bonchev–Trinajstić information content (AvgIpc) is 2.48. The highest BCUT2D eigenvalue weighted by molar-refractivity contribution is 6.30. The van der Waals surface area contributed by atoms with Crippen molar-refractivity contribution in [3.63, 3.8) is 0 Å². The molecule has 2 rings (SSSR count). The summed E-state index contributed by atoms with van der Waals surface area (Å²) in [4.78, 5) is 2.52. The van der Waals surface area contributed by atoms with Crippen molar-refractivity contribution in [2.75, 3.05) is 26.2 Å². The van der Waals surface area contributed by atoms with E-state index in [2.05, 4.69) is 24.0 Å². The molecule has 1 aliphatic rings. The number of rotatable bonds is 6. The van der Waals surface area contributed by atoms with Gasteiger partial charge in [-0.1, -0.05) is 43.5 Å². The quantitative estimate of drug-likeness (QED) is 0.804. The van der Waals surface area contributed by atoms with Crippen LogP contribution in [-0.2, 0) is 0 Å². The molecule has 0 amide bonds. The molecule has 1 aromatic carbocycles. The Morgan fingerprint density at radius 1 is 1.25 bits per heavy atom. The first kappa shape index (κ1) is 15.8. The first-order valence-electron chi connectivity index (χ1n) is 7.83. The third kappa shape index (κ3) is 4.21. The van der Waals surface area contributed by atoms with E-state index in [0.29, 0.717) is 11.8 Å². The van der Waals surface area contributed by atoms with E-state index in [1.807, 2.05) is 12.1 Å². The van der Waals surface area contributed by atoms with Gasteiger partial charge in [0.05, 0.1) is 0 Å². The van der Waals surface area contributed by atoms with Gasteiger partial charge in [0.1, 0.15) is 0 Å². The zero-order valence-corrected chi connectivity index (χ0v) is 13.1. The number of likely N-dealkylation sites (tertiary alicyclic amines) is 1. The molecule has 1 aliphatic heterocycles. The monoisotopic (exact) mass is 295 g/mol. The van der Waals surface area contributed by atoms with Crippen molar-refractivity contribution in [3.05, 3.63) is 34.9 Å². The number of hydrogen-bond donors (Lipinski definition) is 1. The predicted octanol–water partition coefficient (Wildman–Crippen LogP) is 3.93. The molecule has 0 aromatic heterocycles. The van der Waals surface area contributed by atoms with Gasteiger partial charge < -0.3 is 10.0 Å². The Kier molecular flexibility index (Phi) is 6.34. The van der Waals surface area contributed by atoms with E-state index in [9.17, 15) is 5.11 Å². The molecule has 112 valence electrons. The summed E-state index contributed by atoms with van der Waals surface area (Å²) >= 11 is 5.96. The van der Waals surface area contributed by atoms with Crippen molar-refractivity contribution >= 4 is 11.6 Å². The summed E-state index contributed by atoms with van der Waals surface area (Å²) in [6.07, 6.45) is 4.99. The van der Waals surface area contributed by atoms with Crippen LogP contribution < -0.4 is 0 Å². The summed E-state index contributed by atoms with van der Waals surface area (Å²) in [5, 5.41) is 10.5. The van der Waals surface area contributed by atoms with E-state index in [4.69, 9.17) is 11.6 Å². The van der Waals surface area contributed by atoms with Gasteiger partial charge in [-0.05, 0) is 49.5 Å². The maximum Gasteiger partial charge on any atom is 0.0477 e. The number of halogens is 1. The van der Waals surface area contributed by atoms with Crippen LogP contribution in [0.1, 0.15) is 44.1 Å². The lowest BCUT2D eigenvalue weighted by atomic mass is 9.81. The molecule has 0 aliphatic carbocycles. The van der Waals surface area contributed by atoms with Gasteiger partial charge in [0.25, 0.3) is 0 Å². The maximum absolute atomic E-state index is 9.71. The smallest absolute Gasteiger partial charge is 0.0477 e. The summed E-state index contributed by atoms with van der Waals surface area (Å²) in [6, 6.07) is 8.14. The number of aliphatic hydroxyl groups is 1. The Morgan fingerprint density at radius 3 is 2.65 bits per heavy atom. The highest BCUT2D eigenvalue weighted by atomic mass is 35.5. The summed E-state index contributed by atoms with van der Waals surface area (Å²) < 4.78 is 0.